The number of hydrazine groups is 1. The molecule has 3 heterocycles. The number of benzene rings is 1. The number of rotatable bonds is 3. The van der Waals surface area contributed by atoms with E-state index >= 15 is 0 Å². The second-order valence-electron chi connectivity index (χ2n) is 6.90. The molecule has 2 saturated heterocycles. The Labute approximate surface area is 140 Å². The van der Waals surface area contributed by atoms with E-state index in [1.165, 1.54) is 0 Å². The summed E-state index contributed by atoms with van der Waals surface area (Å²) in [6.45, 7) is 3.81. The van der Waals surface area contributed by atoms with E-state index in [2.05, 4.69) is 26.8 Å². The highest BCUT2D eigenvalue weighted by molar-refractivity contribution is 5.99. The molecule has 1 aromatic carbocycles. The van der Waals surface area contributed by atoms with Crippen molar-refractivity contribution in [1.82, 2.24) is 21.5 Å². The first-order valence-corrected chi connectivity index (χ1v) is 8.56. The van der Waals surface area contributed by atoms with E-state index in [0.29, 0.717) is 12.5 Å². The third kappa shape index (κ3) is 2.79. The van der Waals surface area contributed by atoms with Gasteiger partial charge in [0.15, 0.2) is 0 Å². The Morgan fingerprint density at radius 3 is 3.08 bits per heavy atom. The molecular formula is C17H23N5O2. The molecule has 4 rings (SSSR count). The monoisotopic (exact) mass is 329 g/mol. The first-order chi connectivity index (χ1) is 11.6. The van der Waals surface area contributed by atoms with E-state index in [9.17, 15) is 9.59 Å². The largest absolute Gasteiger partial charge is 0.348 e. The summed E-state index contributed by atoms with van der Waals surface area (Å²) >= 11 is 0. The van der Waals surface area contributed by atoms with Crippen molar-refractivity contribution < 1.29 is 9.59 Å². The summed E-state index contributed by atoms with van der Waals surface area (Å²) in [5.74, 6) is 0.310. The van der Waals surface area contributed by atoms with Gasteiger partial charge in [0, 0.05) is 24.2 Å². The third-order valence-corrected chi connectivity index (χ3v) is 5.28. The van der Waals surface area contributed by atoms with Crippen LogP contribution in [0.1, 0.15) is 30.5 Å². The molecule has 0 radical (unpaired) electrons. The average molecular weight is 329 g/mol. The molecule has 4 atom stereocenters. The Kier molecular flexibility index (Phi) is 3.99. The molecule has 7 heteroatoms. The molecular weight excluding hydrogens is 306 g/mol. The molecule has 0 spiro atoms. The molecule has 3 aliphatic rings. The summed E-state index contributed by atoms with van der Waals surface area (Å²) < 4.78 is 0. The van der Waals surface area contributed by atoms with Crippen LogP contribution in [-0.4, -0.2) is 37.0 Å². The highest BCUT2D eigenvalue weighted by Crippen LogP contribution is 2.27. The topological polar surface area (TPSA) is 94.3 Å². The Morgan fingerprint density at radius 2 is 2.21 bits per heavy atom. The lowest BCUT2D eigenvalue weighted by molar-refractivity contribution is -0.124. The molecule has 0 aromatic heterocycles. The second-order valence-corrected chi connectivity index (χ2v) is 6.90. The minimum Gasteiger partial charge on any atom is -0.348 e. The van der Waals surface area contributed by atoms with Crippen molar-refractivity contribution in [3.63, 3.8) is 0 Å². The number of amides is 2. The van der Waals surface area contributed by atoms with Gasteiger partial charge in [-0.15, -0.1) is 0 Å². The smallest absolute Gasteiger partial charge is 0.239 e. The van der Waals surface area contributed by atoms with Crippen LogP contribution in [0.3, 0.4) is 0 Å². The van der Waals surface area contributed by atoms with Gasteiger partial charge in [0.05, 0.1) is 12.5 Å². The van der Waals surface area contributed by atoms with Crippen LogP contribution in [0.5, 0.6) is 0 Å². The van der Waals surface area contributed by atoms with Crippen molar-refractivity contribution in [2.75, 3.05) is 18.4 Å². The minimum absolute atomic E-state index is 0.0147. The minimum atomic E-state index is -0.220. The number of hydrogen-bond donors (Lipinski definition) is 5. The molecule has 5 N–H and O–H groups in total. The zero-order valence-electron chi connectivity index (χ0n) is 13.7. The summed E-state index contributed by atoms with van der Waals surface area (Å²) in [5, 5.41) is 9.29. The summed E-state index contributed by atoms with van der Waals surface area (Å²) in [6, 6.07) is 5.91. The summed E-state index contributed by atoms with van der Waals surface area (Å²) in [7, 11) is 0. The zero-order valence-corrected chi connectivity index (χ0v) is 13.7. The van der Waals surface area contributed by atoms with E-state index < -0.39 is 0 Å². The number of carbonyl (C=O) groups excluding carboxylic acids is 2. The van der Waals surface area contributed by atoms with Crippen molar-refractivity contribution in [2.45, 2.75) is 37.9 Å². The van der Waals surface area contributed by atoms with Gasteiger partial charge in [0.1, 0.15) is 6.04 Å². The zero-order chi connectivity index (χ0) is 16.7. The van der Waals surface area contributed by atoms with Crippen LogP contribution in [0.4, 0.5) is 5.69 Å². The Hall–Kier alpha value is -1.96. The standard InChI is InChI=1S/C17H23N5O2/c1-9(10-2-3-13-11(6-10)7-15(23)20-13)19-17(24)16-12-8-18-5-4-14(12)21-22-16/h2-3,6,9,12,14,16,18,21-22H,4-5,7-8H2,1H3,(H,19,24)(H,20,23). The van der Waals surface area contributed by atoms with E-state index in [0.717, 1.165) is 36.3 Å². The van der Waals surface area contributed by atoms with E-state index in [1.54, 1.807) is 0 Å². The molecule has 128 valence electrons. The molecule has 3 aliphatic heterocycles. The maximum absolute atomic E-state index is 12.7. The number of nitrogens with one attached hydrogen (secondary N) is 5. The van der Waals surface area contributed by atoms with E-state index in [4.69, 9.17) is 0 Å². The van der Waals surface area contributed by atoms with Crippen molar-refractivity contribution >= 4 is 17.5 Å². The van der Waals surface area contributed by atoms with Crippen molar-refractivity contribution in [3.05, 3.63) is 29.3 Å². The van der Waals surface area contributed by atoms with E-state index in [1.807, 2.05) is 25.1 Å². The Morgan fingerprint density at radius 1 is 1.33 bits per heavy atom. The molecule has 4 unspecified atom stereocenters. The van der Waals surface area contributed by atoms with Gasteiger partial charge in [-0.25, -0.2) is 5.43 Å². The fourth-order valence-electron chi connectivity index (χ4n) is 3.88. The third-order valence-electron chi connectivity index (χ3n) is 5.28. The molecule has 0 bridgehead atoms. The summed E-state index contributed by atoms with van der Waals surface area (Å²) in [5.41, 5.74) is 9.28. The molecule has 2 amide bonds. The van der Waals surface area contributed by atoms with Crippen molar-refractivity contribution in [3.8, 4) is 0 Å². The predicted molar refractivity (Wildman–Crippen MR) is 90.2 cm³/mol. The predicted octanol–water partition coefficient (Wildman–Crippen LogP) is -0.187. The average Bonchev–Trinajstić information content (AvgIpc) is 3.16. The Bertz CT molecular complexity index is 677. The van der Waals surface area contributed by atoms with Crippen LogP contribution < -0.4 is 26.8 Å². The molecule has 24 heavy (non-hydrogen) atoms. The number of piperidine rings is 1. The van der Waals surface area contributed by atoms with Gasteiger partial charge in [0.25, 0.3) is 0 Å². The quantitative estimate of drug-likeness (QED) is 0.530. The van der Waals surface area contributed by atoms with Gasteiger partial charge in [-0.1, -0.05) is 12.1 Å². The van der Waals surface area contributed by atoms with Crippen molar-refractivity contribution in [2.24, 2.45) is 5.92 Å². The number of carbonyl (C=O) groups is 2. The van der Waals surface area contributed by atoms with Crippen LogP contribution in [0, 0.1) is 5.92 Å². The molecule has 1 aromatic rings. The molecule has 2 fully saturated rings. The first kappa shape index (κ1) is 15.6. The highest BCUT2D eigenvalue weighted by Gasteiger charge is 2.41. The summed E-state index contributed by atoms with van der Waals surface area (Å²) in [6.07, 6.45) is 1.44. The number of fused-ring (bicyclic) bond motifs is 2. The number of hydrogen-bond acceptors (Lipinski definition) is 5. The molecule has 7 nitrogen and oxygen atoms in total. The maximum atomic E-state index is 12.7. The Balaban J connectivity index is 1.42. The highest BCUT2D eigenvalue weighted by atomic mass is 16.2. The second kappa shape index (κ2) is 6.16. The fourth-order valence-corrected chi connectivity index (χ4v) is 3.88. The van der Waals surface area contributed by atoms with Crippen LogP contribution in [0.25, 0.3) is 0 Å². The van der Waals surface area contributed by atoms with Crippen LogP contribution in [0.15, 0.2) is 18.2 Å². The van der Waals surface area contributed by atoms with Crippen molar-refractivity contribution in [1.29, 1.82) is 0 Å². The fraction of sp³-hybridized carbons (Fsp3) is 0.529. The first-order valence-electron chi connectivity index (χ1n) is 8.56. The normalized spacial score (nSPS) is 29.5. The molecule has 0 saturated carbocycles. The maximum Gasteiger partial charge on any atom is 0.239 e. The lowest BCUT2D eigenvalue weighted by Gasteiger charge is -2.28. The van der Waals surface area contributed by atoms with Gasteiger partial charge in [-0.3, -0.25) is 15.0 Å². The lowest BCUT2D eigenvalue weighted by Crippen LogP contribution is -2.49. The van der Waals surface area contributed by atoms with E-state index in [-0.39, 0.29) is 29.8 Å². The molecule has 0 aliphatic carbocycles. The SMILES string of the molecule is CC(NC(=O)C1NNC2CCNCC21)c1ccc2c(c1)CC(=O)N2. The van der Waals surface area contributed by atoms with Gasteiger partial charge >= 0.3 is 0 Å². The van der Waals surface area contributed by atoms with Crippen LogP contribution in [0.2, 0.25) is 0 Å². The van der Waals surface area contributed by atoms with Gasteiger partial charge in [-0.05, 0) is 37.1 Å². The van der Waals surface area contributed by atoms with Gasteiger partial charge in [0.2, 0.25) is 11.8 Å². The summed E-state index contributed by atoms with van der Waals surface area (Å²) in [4.78, 5) is 24.1. The number of anilines is 1. The van der Waals surface area contributed by atoms with Gasteiger partial charge < -0.3 is 16.0 Å². The van der Waals surface area contributed by atoms with Crippen LogP contribution in [-0.2, 0) is 16.0 Å². The lowest BCUT2D eigenvalue weighted by atomic mass is 9.89. The van der Waals surface area contributed by atoms with Gasteiger partial charge in [-0.2, -0.15) is 0 Å². The van der Waals surface area contributed by atoms with Crippen LogP contribution >= 0.6 is 0 Å².